The van der Waals surface area contributed by atoms with Gasteiger partial charge in [-0.25, -0.2) is 0 Å². The lowest BCUT2D eigenvalue weighted by atomic mass is 10.2. The second-order valence-electron chi connectivity index (χ2n) is 2.61. The van der Waals surface area contributed by atoms with Gasteiger partial charge in [-0.15, -0.1) is 0 Å². The molecule has 4 heteroatoms. The van der Waals surface area contributed by atoms with E-state index in [1.165, 1.54) is 0 Å². The molecule has 13 heavy (non-hydrogen) atoms. The highest BCUT2D eigenvalue weighted by Crippen LogP contribution is 2.12. The molecule has 1 heterocycles. The van der Waals surface area contributed by atoms with Crippen molar-refractivity contribution in [1.29, 1.82) is 0 Å². The average molecular weight is 182 g/mol. The topological polar surface area (TPSA) is 54.4 Å². The highest BCUT2D eigenvalue weighted by atomic mass is 16.5. The van der Waals surface area contributed by atoms with Crippen molar-refractivity contribution in [3.8, 4) is 0 Å². The van der Waals surface area contributed by atoms with Gasteiger partial charge in [0.2, 0.25) is 0 Å². The van der Waals surface area contributed by atoms with Gasteiger partial charge in [0.05, 0.1) is 25.1 Å². The lowest BCUT2D eigenvalue weighted by Crippen LogP contribution is -2.09. The predicted molar refractivity (Wildman–Crippen MR) is 50.5 cm³/mol. The molecule has 0 aliphatic heterocycles. The van der Waals surface area contributed by atoms with Gasteiger partial charge in [0.15, 0.2) is 0 Å². The van der Waals surface area contributed by atoms with Crippen molar-refractivity contribution >= 4 is 5.69 Å². The molecule has 0 aliphatic carbocycles. The third-order valence-electron chi connectivity index (χ3n) is 1.70. The Hall–Kier alpha value is -1.13. The van der Waals surface area contributed by atoms with Gasteiger partial charge in [0, 0.05) is 25.4 Å². The van der Waals surface area contributed by atoms with Gasteiger partial charge in [0.1, 0.15) is 0 Å². The highest BCUT2D eigenvalue weighted by Gasteiger charge is 1.98. The first-order valence-electron chi connectivity index (χ1n) is 4.15. The summed E-state index contributed by atoms with van der Waals surface area (Å²) in [5.41, 5.74) is 1.72. The molecule has 0 aliphatic rings. The van der Waals surface area contributed by atoms with Crippen LogP contribution in [0.1, 0.15) is 5.56 Å². The molecule has 0 bridgehead atoms. The lowest BCUT2D eigenvalue weighted by Gasteiger charge is -2.08. The second-order valence-corrected chi connectivity index (χ2v) is 2.61. The minimum atomic E-state index is 0.0256. The van der Waals surface area contributed by atoms with E-state index in [1.807, 2.05) is 0 Å². The number of rotatable bonds is 5. The van der Waals surface area contributed by atoms with Gasteiger partial charge >= 0.3 is 0 Å². The van der Waals surface area contributed by atoms with Crippen molar-refractivity contribution in [2.45, 2.75) is 6.61 Å². The van der Waals surface area contributed by atoms with Gasteiger partial charge in [-0.2, -0.15) is 0 Å². The summed E-state index contributed by atoms with van der Waals surface area (Å²) < 4.78 is 4.89. The third kappa shape index (κ3) is 3.01. The molecule has 1 aromatic rings. The number of nitrogens with one attached hydrogen (secondary N) is 1. The van der Waals surface area contributed by atoms with E-state index in [0.29, 0.717) is 6.61 Å². The van der Waals surface area contributed by atoms with Crippen LogP contribution in [0.4, 0.5) is 5.69 Å². The van der Waals surface area contributed by atoms with Gasteiger partial charge in [-0.1, -0.05) is 0 Å². The molecular weight excluding hydrogens is 168 g/mol. The van der Waals surface area contributed by atoms with Gasteiger partial charge in [-0.3, -0.25) is 4.98 Å². The SMILES string of the molecule is COCCNc1cnccc1CO. The van der Waals surface area contributed by atoms with E-state index in [0.717, 1.165) is 17.8 Å². The van der Waals surface area contributed by atoms with E-state index in [2.05, 4.69) is 10.3 Å². The van der Waals surface area contributed by atoms with Crippen LogP contribution in [0.25, 0.3) is 0 Å². The maximum atomic E-state index is 8.98. The van der Waals surface area contributed by atoms with Crippen molar-refractivity contribution in [1.82, 2.24) is 4.98 Å². The van der Waals surface area contributed by atoms with Gasteiger partial charge < -0.3 is 15.2 Å². The zero-order valence-corrected chi connectivity index (χ0v) is 7.66. The molecule has 1 rings (SSSR count). The fourth-order valence-electron chi connectivity index (χ4n) is 1.01. The number of aliphatic hydroxyl groups is 1. The van der Waals surface area contributed by atoms with Gasteiger partial charge in [-0.05, 0) is 6.07 Å². The minimum Gasteiger partial charge on any atom is -0.392 e. The van der Waals surface area contributed by atoms with Gasteiger partial charge in [0.25, 0.3) is 0 Å². The van der Waals surface area contributed by atoms with Crippen LogP contribution < -0.4 is 5.32 Å². The first kappa shape index (κ1) is 9.95. The average Bonchev–Trinajstić information content (AvgIpc) is 2.19. The van der Waals surface area contributed by atoms with Crippen LogP contribution >= 0.6 is 0 Å². The Morgan fingerprint density at radius 3 is 3.15 bits per heavy atom. The van der Waals surface area contributed by atoms with E-state index in [9.17, 15) is 0 Å². The molecule has 0 fully saturated rings. The van der Waals surface area contributed by atoms with E-state index in [1.54, 1.807) is 25.6 Å². The summed E-state index contributed by atoms with van der Waals surface area (Å²) in [5, 5.41) is 12.1. The molecule has 0 saturated heterocycles. The highest BCUT2D eigenvalue weighted by molar-refractivity contribution is 5.48. The molecule has 0 unspecified atom stereocenters. The fourth-order valence-corrected chi connectivity index (χ4v) is 1.01. The molecule has 0 radical (unpaired) electrons. The quantitative estimate of drug-likeness (QED) is 0.656. The van der Waals surface area contributed by atoms with E-state index in [4.69, 9.17) is 9.84 Å². The minimum absolute atomic E-state index is 0.0256. The van der Waals surface area contributed by atoms with Crippen molar-refractivity contribution in [3.63, 3.8) is 0 Å². The summed E-state index contributed by atoms with van der Waals surface area (Å²) in [6.45, 7) is 1.38. The van der Waals surface area contributed by atoms with Crippen LogP contribution in [0.5, 0.6) is 0 Å². The Kier molecular flexibility index (Phi) is 4.21. The van der Waals surface area contributed by atoms with Crippen LogP contribution in [-0.4, -0.2) is 30.4 Å². The van der Waals surface area contributed by atoms with Crippen LogP contribution in [0, 0.1) is 0 Å². The number of ether oxygens (including phenoxy) is 1. The molecule has 4 nitrogen and oxygen atoms in total. The van der Waals surface area contributed by atoms with Crippen molar-refractivity contribution in [2.24, 2.45) is 0 Å². The Balaban J connectivity index is 2.54. The summed E-state index contributed by atoms with van der Waals surface area (Å²) >= 11 is 0. The summed E-state index contributed by atoms with van der Waals surface area (Å²) in [7, 11) is 1.65. The molecule has 0 saturated carbocycles. The standard InChI is InChI=1S/C9H14N2O2/c1-13-5-4-11-9-6-10-3-2-8(9)7-12/h2-3,6,11-12H,4-5,7H2,1H3. The summed E-state index contributed by atoms with van der Waals surface area (Å²) in [6, 6.07) is 1.79. The number of anilines is 1. The second kappa shape index (κ2) is 5.50. The Bertz CT molecular complexity index is 253. The zero-order chi connectivity index (χ0) is 9.52. The van der Waals surface area contributed by atoms with Crippen molar-refractivity contribution < 1.29 is 9.84 Å². The van der Waals surface area contributed by atoms with E-state index in [-0.39, 0.29) is 6.61 Å². The molecule has 2 N–H and O–H groups in total. The molecule has 72 valence electrons. The summed E-state index contributed by atoms with van der Waals surface area (Å²) in [4.78, 5) is 3.96. The zero-order valence-electron chi connectivity index (χ0n) is 7.66. The molecule has 1 aromatic heterocycles. The lowest BCUT2D eigenvalue weighted by molar-refractivity contribution is 0.210. The number of methoxy groups -OCH3 is 1. The fraction of sp³-hybridized carbons (Fsp3) is 0.444. The molecule has 0 aromatic carbocycles. The molecule has 0 atom stereocenters. The number of aromatic nitrogens is 1. The summed E-state index contributed by atoms with van der Waals surface area (Å²) in [5.74, 6) is 0. The maximum absolute atomic E-state index is 8.98. The van der Waals surface area contributed by atoms with Crippen LogP contribution in [0.2, 0.25) is 0 Å². The first-order chi connectivity index (χ1) is 6.38. The van der Waals surface area contributed by atoms with Crippen molar-refractivity contribution in [3.05, 3.63) is 24.0 Å². The Morgan fingerprint density at radius 2 is 2.46 bits per heavy atom. The van der Waals surface area contributed by atoms with E-state index >= 15 is 0 Å². The van der Waals surface area contributed by atoms with Crippen molar-refractivity contribution in [2.75, 3.05) is 25.6 Å². The monoisotopic (exact) mass is 182 g/mol. The maximum Gasteiger partial charge on any atom is 0.0703 e. The van der Waals surface area contributed by atoms with Crippen LogP contribution in [0.15, 0.2) is 18.5 Å². The van der Waals surface area contributed by atoms with Crippen LogP contribution in [0.3, 0.4) is 0 Å². The molecular formula is C9H14N2O2. The Labute approximate surface area is 77.6 Å². The number of pyridine rings is 1. The number of hydrogen-bond acceptors (Lipinski definition) is 4. The molecule has 0 spiro atoms. The largest absolute Gasteiger partial charge is 0.392 e. The first-order valence-corrected chi connectivity index (χ1v) is 4.15. The third-order valence-corrected chi connectivity index (χ3v) is 1.70. The normalized spacial score (nSPS) is 10.0. The Morgan fingerprint density at radius 1 is 1.62 bits per heavy atom. The smallest absolute Gasteiger partial charge is 0.0703 e. The summed E-state index contributed by atoms with van der Waals surface area (Å²) in [6.07, 6.45) is 3.36. The number of hydrogen-bond donors (Lipinski definition) is 2. The number of aliphatic hydroxyl groups excluding tert-OH is 1. The molecule has 0 amide bonds. The predicted octanol–water partition coefficient (Wildman–Crippen LogP) is 0.632. The van der Waals surface area contributed by atoms with Crippen LogP contribution in [-0.2, 0) is 11.3 Å². The van der Waals surface area contributed by atoms with E-state index < -0.39 is 0 Å². The number of nitrogens with zero attached hydrogens (tertiary/aromatic N) is 1.